The Hall–Kier alpha value is -1.75. The van der Waals surface area contributed by atoms with Crippen molar-refractivity contribution in [3.8, 4) is 0 Å². The SMILES string of the molecule is Cc1cc2c([nH]c(=O)c3sccc32)c(F)c1F. The number of nitrogens with one attached hydrogen (secondary N) is 1. The fourth-order valence-electron chi connectivity index (χ4n) is 1.96. The first-order valence-electron chi connectivity index (χ1n) is 4.97. The van der Waals surface area contributed by atoms with Crippen molar-refractivity contribution in [1.29, 1.82) is 0 Å². The molecule has 2 heterocycles. The Kier molecular flexibility index (Phi) is 2.06. The molecule has 3 aromatic rings. The molecule has 2 nitrogen and oxygen atoms in total. The molecule has 86 valence electrons. The number of aryl methyl sites for hydroxylation is 1. The summed E-state index contributed by atoms with van der Waals surface area (Å²) in [7, 11) is 0. The van der Waals surface area contributed by atoms with E-state index in [1.165, 1.54) is 18.3 Å². The molecule has 17 heavy (non-hydrogen) atoms. The van der Waals surface area contributed by atoms with Gasteiger partial charge in [-0.3, -0.25) is 4.79 Å². The fraction of sp³-hybridized carbons (Fsp3) is 0.0833. The van der Waals surface area contributed by atoms with Crippen LogP contribution in [0, 0.1) is 18.6 Å². The van der Waals surface area contributed by atoms with E-state index in [0.717, 1.165) is 0 Å². The summed E-state index contributed by atoms with van der Waals surface area (Å²) in [5.74, 6) is -1.91. The van der Waals surface area contributed by atoms with Gasteiger partial charge in [0.1, 0.15) is 4.70 Å². The lowest BCUT2D eigenvalue weighted by atomic mass is 10.1. The van der Waals surface area contributed by atoms with Crippen molar-refractivity contribution in [2.45, 2.75) is 6.92 Å². The number of halogens is 2. The van der Waals surface area contributed by atoms with Crippen LogP contribution in [0.2, 0.25) is 0 Å². The molecule has 0 aliphatic heterocycles. The fourth-order valence-corrected chi connectivity index (χ4v) is 2.76. The van der Waals surface area contributed by atoms with E-state index in [-0.39, 0.29) is 16.6 Å². The van der Waals surface area contributed by atoms with Crippen molar-refractivity contribution in [3.63, 3.8) is 0 Å². The van der Waals surface area contributed by atoms with Gasteiger partial charge in [-0.1, -0.05) is 0 Å². The largest absolute Gasteiger partial charge is 0.318 e. The minimum absolute atomic E-state index is 0.0657. The van der Waals surface area contributed by atoms with Crippen LogP contribution in [0.5, 0.6) is 0 Å². The zero-order valence-electron chi connectivity index (χ0n) is 8.80. The maximum atomic E-state index is 13.7. The number of aromatic nitrogens is 1. The first kappa shape index (κ1) is 10.4. The Morgan fingerprint density at radius 1 is 1.24 bits per heavy atom. The Labute approximate surface area is 98.5 Å². The van der Waals surface area contributed by atoms with Gasteiger partial charge >= 0.3 is 0 Å². The van der Waals surface area contributed by atoms with Gasteiger partial charge in [-0.25, -0.2) is 8.78 Å². The number of H-pyrrole nitrogens is 1. The maximum absolute atomic E-state index is 13.7. The molecular weight excluding hydrogens is 244 g/mol. The van der Waals surface area contributed by atoms with Gasteiger partial charge in [0, 0.05) is 10.8 Å². The zero-order valence-corrected chi connectivity index (χ0v) is 9.62. The summed E-state index contributed by atoms with van der Waals surface area (Å²) in [4.78, 5) is 14.1. The van der Waals surface area contributed by atoms with E-state index in [2.05, 4.69) is 4.98 Å². The summed E-state index contributed by atoms with van der Waals surface area (Å²) in [5.41, 5.74) is -0.219. The highest BCUT2D eigenvalue weighted by molar-refractivity contribution is 7.17. The molecule has 0 aliphatic rings. The van der Waals surface area contributed by atoms with Crippen LogP contribution in [0.4, 0.5) is 8.78 Å². The Morgan fingerprint density at radius 3 is 2.76 bits per heavy atom. The molecule has 1 N–H and O–H groups in total. The molecule has 0 atom stereocenters. The van der Waals surface area contributed by atoms with Crippen molar-refractivity contribution in [2.24, 2.45) is 0 Å². The van der Waals surface area contributed by atoms with Crippen molar-refractivity contribution in [3.05, 3.63) is 45.1 Å². The van der Waals surface area contributed by atoms with E-state index < -0.39 is 11.6 Å². The van der Waals surface area contributed by atoms with Crippen LogP contribution in [0.1, 0.15) is 5.56 Å². The standard InChI is InChI=1S/C12H7F2NOS/c1-5-4-7-6-2-3-17-11(6)12(16)15-10(7)9(14)8(5)13/h2-4H,1H3,(H,15,16). The zero-order chi connectivity index (χ0) is 12.2. The minimum Gasteiger partial charge on any atom is -0.318 e. The molecule has 0 amide bonds. The molecule has 0 unspecified atom stereocenters. The molecule has 5 heteroatoms. The van der Waals surface area contributed by atoms with E-state index in [9.17, 15) is 13.6 Å². The first-order chi connectivity index (χ1) is 8.09. The summed E-state index contributed by atoms with van der Waals surface area (Å²) in [6.07, 6.45) is 0. The van der Waals surface area contributed by atoms with E-state index in [1.54, 1.807) is 17.5 Å². The number of fused-ring (bicyclic) bond motifs is 3. The average molecular weight is 251 g/mol. The number of hydrogen-bond acceptors (Lipinski definition) is 2. The second-order valence-electron chi connectivity index (χ2n) is 3.86. The smallest absolute Gasteiger partial charge is 0.266 e. The third kappa shape index (κ3) is 1.32. The normalized spacial score (nSPS) is 11.5. The first-order valence-corrected chi connectivity index (χ1v) is 5.85. The monoisotopic (exact) mass is 251 g/mol. The number of rotatable bonds is 0. The summed E-state index contributed by atoms with van der Waals surface area (Å²) in [6, 6.07) is 3.30. The molecule has 0 aliphatic carbocycles. The molecule has 0 fully saturated rings. The van der Waals surface area contributed by atoms with Gasteiger partial charge in [-0.05, 0) is 30.0 Å². The predicted molar refractivity (Wildman–Crippen MR) is 64.6 cm³/mol. The van der Waals surface area contributed by atoms with Gasteiger partial charge in [-0.15, -0.1) is 11.3 Å². The molecule has 1 aromatic carbocycles. The molecule has 2 aromatic heterocycles. The van der Waals surface area contributed by atoms with Crippen molar-refractivity contribution in [2.75, 3.05) is 0 Å². The topological polar surface area (TPSA) is 32.9 Å². The summed E-state index contributed by atoms with van der Waals surface area (Å²) in [6.45, 7) is 1.50. The van der Waals surface area contributed by atoms with Crippen LogP contribution in [0.15, 0.2) is 22.3 Å². The number of thiophene rings is 1. The lowest BCUT2D eigenvalue weighted by Gasteiger charge is -2.04. The van der Waals surface area contributed by atoms with E-state index in [0.29, 0.717) is 15.5 Å². The van der Waals surface area contributed by atoms with E-state index >= 15 is 0 Å². The van der Waals surface area contributed by atoms with E-state index in [4.69, 9.17) is 0 Å². The molecule has 0 radical (unpaired) electrons. The number of benzene rings is 1. The van der Waals surface area contributed by atoms with Gasteiger partial charge < -0.3 is 4.98 Å². The van der Waals surface area contributed by atoms with Gasteiger partial charge in [0.05, 0.1) is 5.52 Å². The van der Waals surface area contributed by atoms with E-state index in [1.807, 2.05) is 0 Å². The number of aromatic amines is 1. The molecule has 0 bridgehead atoms. The predicted octanol–water partition coefficient (Wildman–Crippen LogP) is 3.33. The van der Waals surface area contributed by atoms with Crippen LogP contribution in [-0.4, -0.2) is 4.98 Å². The average Bonchev–Trinajstić information content (AvgIpc) is 2.78. The van der Waals surface area contributed by atoms with Crippen LogP contribution < -0.4 is 5.56 Å². The number of pyridine rings is 1. The number of hydrogen-bond donors (Lipinski definition) is 1. The van der Waals surface area contributed by atoms with Crippen LogP contribution in [0.25, 0.3) is 21.0 Å². The second-order valence-corrected chi connectivity index (χ2v) is 4.78. The van der Waals surface area contributed by atoms with Crippen LogP contribution in [0.3, 0.4) is 0 Å². The second kappa shape index (κ2) is 3.37. The maximum Gasteiger partial charge on any atom is 0.266 e. The quantitative estimate of drug-likeness (QED) is 0.653. The highest BCUT2D eigenvalue weighted by Crippen LogP contribution is 2.28. The van der Waals surface area contributed by atoms with Gasteiger partial charge in [0.2, 0.25) is 0 Å². The Morgan fingerprint density at radius 2 is 2.00 bits per heavy atom. The van der Waals surface area contributed by atoms with Crippen molar-refractivity contribution >= 4 is 32.3 Å². The molecule has 0 saturated heterocycles. The Bertz CT molecular complexity index is 803. The highest BCUT2D eigenvalue weighted by atomic mass is 32.1. The molecular formula is C12H7F2NOS. The van der Waals surface area contributed by atoms with Crippen molar-refractivity contribution < 1.29 is 8.78 Å². The van der Waals surface area contributed by atoms with Gasteiger partial charge in [0.25, 0.3) is 5.56 Å². The lowest BCUT2D eigenvalue weighted by Crippen LogP contribution is -2.06. The summed E-state index contributed by atoms with van der Waals surface area (Å²) < 4.78 is 27.7. The van der Waals surface area contributed by atoms with Crippen LogP contribution in [-0.2, 0) is 0 Å². The van der Waals surface area contributed by atoms with Crippen LogP contribution >= 0.6 is 11.3 Å². The summed E-state index contributed by atoms with van der Waals surface area (Å²) in [5, 5.41) is 2.96. The summed E-state index contributed by atoms with van der Waals surface area (Å²) >= 11 is 1.28. The van der Waals surface area contributed by atoms with Gasteiger partial charge in [-0.2, -0.15) is 0 Å². The third-order valence-corrected chi connectivity index (χ3v) is 3.70. The molecule has 3 rings (SSSR count). The minimum atomic E-state index is -0.995. The molecule has 0 saturated carbocycles. The Balaban J connectivity index is 2.69. The lowest BCUT2D eigenvalue weighted by molar-refractivity contribution is 0.510. The molecule has 0 spiro atoms. The third-order valence-electron chi connectivity index (χ3n) is 2.79. The van der Waals surface area contributed by atoms with Crippen molar-refractivity contribution in [1.82, 2.24) is 4.98 Å². The van der Waals surface area contributed by atoms with Gasteiger partial charge in [0.15, 0.2) is 11.6 Å². The highest BCUT2D eigenvalue weighted by Gasteiger charge is 2.15.